The molecule has 0 fully saturated rings. The zero-order valence-electron chi connectivity index (χ0n) is 12.6. The average molecular weight is 458 g/mol. The van der Waals surface area contributed by atoms with E-state index in [1.165, 1.54) is 12.3 Å². The molecule has 0 radical (unpaired) electrons. The van der Waals surface area contributed by atoms with Crippen LogP contribution in [0.25, 0.3) is 0 Å². The fourth-order valence-corrected chi connectivity index (χ4v) is 2.86. The van der Waals surface area contributed by atoms with Gasteiger partial charge >= 0.3 is 0 Å². The Morgan fingerprint density at radius 1 is 1.25 bits per heavy atom. The number of nitrogens with one attached hydrogen (secondary N) is 1. The summed E-state index contributed by atoms with van der Waals surface area (Å²) >= 11 is 6.21. The minimum Gasteiger partial charge on any atom is -0.506 e. The van der Waals surface area contributed by atoms with Gasteiger partial charge in [-0.05, 0) is 57.0 Å². The van der Waals surface area contributed by atoms with Crippen LogP contribution in [-0.4, -0.2) is 28.9 Å². The van der Waals surface area contributed by atoms with Gasteiger partial charge in [-0.3, -0.25) is 4.79 Å². The topological polar surface area (TPSA) is 91.2 Å². The number of halogens is 2. The number of carbonyl (C=O) groups is 1. The highest BCUT2D eigenvalue weighted by atomic mass is 79.9. The molecule has 0 saturated heterocycles. The van der Waals surface area contributed by atoms with Crippen molar-refractivity contribution >= 4 is 44.0 Å². The molecule has 2 rings (SSSR count). The first-order chi connectivity index (χ1) is 11.4. The number of hydrogen-bond acceptors (Lipinski definition) is 5. The summed E-state index contributed by atoms with van der Waals surface area (Å²) in [6.45, 7) is 1.77. The average Bonchev–Trinajstić information content (AvgIpc) is 2.57. The SMILES string of the molecule is Cc1ccc(OCC(=O)NN=Cc2cc(Br)c(O)c(Br)c2O)cc1. The third-order valence-corrected chi connectivity index (χ3v) is 4.34. The number of aryl methyl sites for hydroxylation is 1. The van der Waals surface area contributed by atoms with Crippen LogP contribution in [0.1, 0.15) is 11.1 Å². The molecule has 2 aromatic rings. The van der Waals surface area contributed by atoms with Crippen molar-refractivity contribution in [1.82, 2.24) is 5.43 Å². The van der Waals surface area contributed by atoms with E-state index in [0.717, 1.165) is 5.56 Å². The molecular weight excluding hydrogens is 444 g/mol. The molecule has 0 unspecified atom stereocenters. The Morgan fingerprint density at radius 3 is 2.58 bits per heavy atom. The van der Waals surface area contributed by atoms with Gasteiger partial charge in [0.1, 0.15) is 21.7 Å². The molecule has 0 spiro atoms. The number of phenols is 2. The molecule has 0 aliphatic heterocycles. The number of phenolic OH excluding ortho intramolecular Hbond substituents is 2. The van der Waals surface area contributed by atoms with E-state index in [2.05, 4.69) is 42.4 Å². The van der Waals surface area contributed by atoms with Gasteiger partial charge in [0.05, 0.1) is 10.7 Å². The van der Waals surface area contributed by atoms with Crippen LogP contribution in [0, 0.1) is 6.92 Å². The zero-order chi connectivity index (χ0) is 17.7. The Bertz CT molecular complexity index is 777. The van der Waals surface area contributed by atoms with Gasteiger partial charge in [-0.15, -0.1) is 0 Å². The first kappa shape index (κ1) is 18.3. The summed E-state index contributed by atoms with van der Waals surface area (Å²) in [5, 5.41) is 23.3. The van der Waals surface area contributed by atoms with E-state index in [9.17, 15) is 15.0 Å². The molecule has 3 N–H and O–H groups in total. The van der Waals surface area contributed by atoms with E-state index in [1.54, 1.807) is 12.1 Å². The Labute approximate surface area is 155 Å². The van der Waals surface area contributed by atoms with Gasteiger partial charge in [-0.2, -0.15) is 5.10 Å². The van der Waals surface area contributed by atoms with Crippen molar-refractivity contribution in [2.45, 2.75) is 6.92 Å². The minimum atomic E-state index is -0.441. The summed E-state index contributed by atoms with van der Waals surface area (Å²) in [6, 6.07) is 8.78. The molecule has 2 aromatic carbocycles. The second kappa shape index (κ2) is 8.16. The van der Waals surface area contributed by atoms with Gasteiger partial charge in [-0.25, -0.2) is 5.43 Å². The van der Waals surface area contributed by atoms with Crippen molar-refractivity contribution < 1.29 is 19.7 Å². The Morgan fingerprint density at radius 2 is 1.92 bits per heavy atom. The van der Waals surface area contributed by atoms with E-state index >= 15 is 0 Å². The number of benzene rings is 2. The van der Waals surface area contributed by atoms with Crippen molar-refractivity contribution in [3.63, 3.8) is 0 Å². The van der Waals surface area contributed by atoms with Crippen LogP contribution in [-0.2, 0) is 4.79 Å². The summed E-state index contributed by atoms with van der Waals surface area (Å²) in [6.07, 6.45) is 1.26. The van der Waals surface area contributed by atoms with Gasteiger partial charge < -0.3 is 14.9 Å². The van der Waals surface area contributed by atoms with E-state index in [1.807, 2.05) is 19.1 Å². The van der Waals surface area contributed by atoms with Crippen LogP contribution >= 0.6 is 31.9 Å². The Hall–Kier alpha value is -2.06. The van der Waals surface area contributed by atoms with Crippen LogP contribution in [0.15, 0.2) is 44.4 Å². The molecule has 0 aliphatic rings. The first-order valence-corrected chi connectivity index (χ1v) is 8.38. The molecule has 0 aromatic heterocycles. The van der Waals surface area contributed by atoms with Gasteiger partial charge in [0.15, 0.2) is 6.61 Å². The summed E-state index contributed by atoms with van der Waals surface area (Å²) in [7, 11) is 0. The summed E-state index contributed by atoms with van der Waals surface area (Å²) in [4.78, 5) is 11.7. The van der Waals surface area contributed by atoms with Crippen LogP contribution in [0.4, 0.5) is 0 Å². The van der Waals surface area contributed by atoms with Crippen molar-refractivity contribution in [1.29, 1.82) is 0 Å². The highest BCUT2D eigenvalue weighted by Gasteiger charge is 2.12. The van der Waals surface area contributed by atoms with Crippen LogP contribution in [0.5, 0.6) is 17.2 Å². The van der Waals surface area contributed by atoms with Gasteiger partial charge in [-0.1, -0.05) is 17.7 Å². The Balaban J connectivity index is 1.92. The third-order valence-electron chi connectivity index (χ3n) is 2.98. The van der Waals surface area contributed by atoms with Crippen LogP contribution < -0.4 is 10.2 Å². The van der Waals surface area contributed by atoms with Gasteiger partial charge in [0.2, 0.25) is 0 Å². The van der Waals surface area contributed by atoms with Crippen molar-refractivity contribution in [2.75, 3.05) is 6.61 Å². The standard InChI is InChI=1S/C16H14Br2N2O4/c1-9-2-4-11(5-3-9)24-8-13(21)20-19-7-10-6-12(17)16(23)14(18)15(10)22/h2-7,22-23H,8H2,1H3,(H,20,21). The number of carbonyl (C=O) groups excluding carboxylic acids is 1. The number of amides is 1. The molecular formula is C16H14Br2N2O4. The first-order valence-electron chi connectivity index (χ1n) is 6.79. The summed E-state index contributed by atoms with van der Waals surface area (Å²) in [5.74, 6) is -0.170. The maximum absolute atomic E-state index is 11.7. The molecule has 0 saturated carbocycles. The van der Waals surface area contributed by atoms with E-state index in [4.69, 9.17) is 4.74 Å². The van der Waals surface area contributed by atoms with Gasteiger partial charge in [0, 0.05) is 5.56 Å². The van der Waals surface area contributed by atoms with E-state index < -0.39 is 5.91 Å². The molecule has 0 atom stereocenters. The number of rotatable bonds is 5. The largest absolute Gasteiger partial charge is 0.506 e. The van der Waals surface area contributed by atoms with Crippen LogP contribution in [0.3, 0.4) is 0 Å². The van der Waals surface area contributed by atoms with Gasteiger partial charge in [0.25, 0.3) is 5.91 Å². The quantitative estimate of drug-likeness (QED) is 0.473. The lowest BCUT2D eigenvalue weighted by Crippen LogP contribution is -2.24. The molecule has 6 nitrogen and oxygen atoms in total. The Kier molecular flexibility index (Phi) is 6.22. The highest BCUT2D eigenvalue weighted by Crippen LogP contribution is 2.40. The molecule has 8 heteroatoms. The second-order valence-electron chi connectivity index (χ2n) is 4.85. The number of ether oxygens (including phenoxy) is 1. The predicted octanol–water partition coefficient (Wildman–Crippen LogP) is 3.46. The lowest BCUT2D eigenvalue weighted by molar-refractivity contribution is -0.123. The van der Waals surface area contributed by atoms with Crippen molar-refractivity contribution in [3.05, 3.63) is 50.4 Å². The van der Waals surface area contributed by atoms with Crippen molar-refractivity contribution in [3.8, 4) is 17.2 Å². The molecule has 0 bridgehead atoms. The summed E-state index contributed by atoms with van der Waals surface area (Å²) < 4.78 is 5.83. The van der Waals surface area contributed by atoms with E-state index in [-0.39, 0.29) is 22.6 Å². The fourth-order valence-electron chi connectivity index (χ4n) is 1.70. The maximum Gasteiger partial charge on any atom is 0.277 e. The fraction of sp³-hybridized carbons (Fsp3) is 0.125. The number of hydrazone groups is 1. The van der Waals surface area contributed by atoms with E-state index in [0.29, 0.717) is 15.8 Å². The zero-order valence-corrected chi connectivity index (χ0v) is 15.8. The molecule has 0 heterocycles. The summed E-state index contributed by atoms with van der Waals surface area (Å²) in [5.41, 5.74) is 3.71. The van der Waals surface area contributed by atoms with Crippen LogP contribution in [0.2, 0.25) is 0 Å². The minimum absolute atomic E-state index is 0.125. The van der Waals surface area contributed by atoms with Crippen molar-refractivity contribution in [2.24, 2.45) is 5.10 Å². The molecule has 0 aliphatic carbocycles. The number of nitrogens with zero attached hydrogens (tertiary/aromatic N) is 1. The maximum atomic E-state index is 11.7. The lowest BCUT2D eigenvalue weighted by Gasteiger charge is -2.07. The number of aromatic hydroxyl groups is 2. The third kappa shape index (κ3) is 4.72. The molecule has 126 valence electrons. The molecule has 24 heavy (non-hydrogen) atoms. The molecule has 1 amide bonds. The smallest absolute Gasteiger partial charge is 0.277 e. The predicted molar refractivity (Wildman–Crippen MR) is 97.6 cm³/mol. The lowest BCUT2D eigenvalue weighted by atomic mass is 10.2. The monoisotopic (exact) mass is 456 g/mol. The highest BCUT2D eigenvalue weighted by molar-refractivity contribution is 9.11. The number of hydrogen-bond donors (Lipinski definition) is 3. The normalized spacial score (nSPS) is 10.8. The second-order valence-corrected chi connectivity index (χ2v) is 6.50.